The number of anilines is 1. The van der Waals surface area contributed by atoms with Gasteiger partial charge in [0.25, 0.3) is 0 Å². The molecule has 3 N–H and O–H groups in total. The number of nitrogens with zero attached hydrogens (tertiary/aromatic N) is 1. The van der Waals surface area contributed by atoms with Gasteiger partial charge in [-0.3, -0.25) is 4.79 Å². The molecule has 0 spiro atoms. The van der Waals surface area contributed by atoms with Gasteiger partial charge in [-0.1, -0.05) is 6.07 Å². The van der Waals surface area contributed by atoms with E-state index in [0.717, 1.165) is 6.42 Å². The zero-order chi connectivity index (χ0) is 16.8. The summed E-state index contributed by atoms with van der Waals surface area (Å²) in [6, 6.07) is 4.57. The van der Waals surface area contributed by atoms with Crippen molar-refractivity contribution < 1.29 is 18.7 Å². The van der Waals surface area contributed by atoms with Gasteiger partial charge >= 0.3 is 6.09 Å². The predicted octanol–water partition coefficient (Wildman–Crippen LogP) is 1.88. The Morgan fingerprint density at radius 2 is 2.26 bits per heavy atom. The predicted molar refractivity (Wildman–Crippen MR) is 84.5 cm³/mol. The maximum Gasteiger partial charge on any atom is 0.409 e. The van der Waals surface area contributed by atoms with Gasteiger partial charge in [-0.2, -0.15) is 0 Å². The number of rotatable bonds is 4. The van der Waals surface area contributed by atoms with Crippen LogP contribution < -0.4 is 11.1 Å². The first-order valence-corrected chi connectivity index (χ1v) is 7.70. The number of nitrogens with one attached hydrogen (secondary N) is 1. The first-order chi connectivity index (χ1) is 11.0. The Morgan fingerprint density at radius 3 is 2.96 bits per heavy atom. The molecule has 1 fully saturated rings. The third kappa shape index (κ3) is 4.66. The first kappa shape index (κ1) is 17.2. The van der Waals surface area contributed by atoms with Gasteiger partial charge in [0, 0.05) is 25.3 Å². The van der Waals surface area contributed by atoms with E-state index in [1.165, 1.54) is 11.0 Å². The molecule has 126 valence electrons. The lowest BCUT2D eigenvalue weighted by Gasteiger charge is -2.31. The van der Waals surface area contributed by atoms with Crippen molar-refractivity contribution in [3.05, 3.63) is 29.6 Å². The minimum absolute atomic E-state index is 0.162. The number of carbonyl (C=O) groups is 2. The minimum Gasteiger partial charge on any atom is -0.448 e. The molecule has 1 aliphatic rings. The van der Waals surface area contributed by atoms with Crippen molar-refractivity contribution in [2.45, 2.75) is 19.8 Å². The summed E-state index contributed by atoms with van der Waals surface area (Å²) in [4.78, 5) is 25.7. The van der Waals surface area contributed by atoms with Crippen LogP contribution in [0.5, 0.6) is 0 Å². The Labute approximate surface area is 134 Å². The molecule has 23 heavy (non-hydrogen) atoms. The molecule has 2 amide bonds. The summed E-state index contributed by atoms with van der Waals surface area (Å²) < 4.78 is 18.5. The summed E-state index contributed by atoms with van der Waals surface area (Å²) in [5.74, 6) is -0.915. The van der Waals surface area contributed by atoms with Crippen LogP contribution in [0.4, 0.5) is 14.9 Å². The van der Waals surface area contributed by atoms with Crippen molar-refractivity contribution in [3.8, 4) is 0 Å². The Hall–Kier alpha value is -2.15. The van der Waals surface area contributed by atoms with Crippen LogP contribution >= 0.6 is 0 Å². The van der Waals surface area contributed by atoms with Crippen LogP contribution in [0.1, 0.15) is 18.4 Å². The summed E-state index contributed by atoms with van der Waals surface area (Å²) >= 11 is 0. The van der Waals surface area contributed by atoms with E-state index in [4.69, 9.17) is 10.5 Å². The van der Waals surface area contributed by atoms with Crippen molar-refractivity contribution in [1.29, 1.82) is 0 Å². The lowest BCUT2D eigenvalue weighted by Crippen LogP contribution is -2.44. The Morgan fingerprint density at radius 1 is 1.48 bits per heavy atom. The van der Waals surface area contributed by atoms with Gasteiger partial charge in [-0.05, 0) is 37.5 Å². The van der Waals surface area contributed by atoms with E-state index in [1.807, 2.05) is 0 Å². The lowest BCUT2D eigenvalue weighted by atomic mass is 9.97. The molecule has 2 rings (SSSR count). The lowest BCUT2D eigenvalue weighted by molar-refractivity contribution is -0.121. The monoisotopic (exact) mass is 323 g/mol. The number of carbonyl (C=O) groups excluding carboxylic acids is 2. The molecule has 1 heterocycles. The van der Waals surface area contributed by atoms with Crippen molar-refractivity contribution in [2.24, 2.45) is 11.7 Å². The van der Waals surface area contributed by atoms with E-state index in [-0.39, 0.29) is 30.8 Å². The normalized spacial score (nSPS) is 17.7. The van der Waals surface area contributed by atoms with Crippen molar-refractivity contribution >= 4 is 17.7 Å². The van der Waals surface area contributed by atoms with Gasteiger partial charge < -0.3 is 20.7 Å². The maximum absolute atomic E-state index is 13.5. The zero-order valence-electron chi connectivity index (χ0n) is 13.2. The molecule has 0 radical (unpaired) electrons. The number of benzene rings is 1. The molecule has 1 unspecified atom stereocenters. The van der Waals surface area contributed by atoms with E-state index >= 15 is 0 Å². The van der Waals surface area contributed by atoms with E-state index < -0.39 is 6.09 Å². The third-order valence-corrected chi connectivity index (χ3v) is 3.83. The van der Waals surface area contributed by atoms with Crippen LogP contribution in [0.15, 0.2) is 18.2 Å². The Kier molecular flexibility index (Phi) is 5.92. The van der Waals surface area contributed by atoms with Crippen LogP contribution in [-0.2, 0) is 9.53 Å². The minimum atomic E-state index is -0.450. The number of aryl methyl sites for hydroxylation is 1. The van der Waals surface area contributed by atoms with Gasteiger partial charge in [0.1, 0.15) is 12.4 Å². The van der Waals surface area contributed by atoms with Gasteiger partial charge in [0.15, 0.2) is 0 Å². The molecular weight excluding hydrogens is 301 g/mol. The zero-order valence-corrected chi connectivity index (χ0v) is 13.2. The number of likely N-dealkylation sites (tertiary alicyclic amines) is 1. The molecule has 1 saturated heterocycles. The summed E-state index contributed by atoms with van der Waals surface area (Å²) in [5, 5.41) is 2.70. The Bertz CT molecular complexity index is 580. The second-order valence-corrected chi connectivity index (χ2v) is 5.64. The largest absolute Gasteiger partial charge is 0.448 e. The van der Waals surface area contributed by atoms with Crippen molar-refractivity contribution in [3.63, 3.8) is 0 Å². The number of ether oxygens (including phenoxy) is 1. The molecular formula is C16H22FN3O3. The highest BCUT2D eigenvalue weighted by molar-refractivity contribution is 5.93. The molecule has 7 heteroatoms. The quantitative estimate of drug-likeness (QED) is 0.886. The van der Waals surface area contributed by atoms with Crippen LogP contribution in [-0.4, -0.2) is 43.1 Å². The molecule has 0 aromatic heterocycles. The van der Waals surface area contributed by atoms with Crippen LogP contribution in [0, 0.1) is 18.7 Å². The average Bonchev–Trinajstić information content (AvgIpc) is 2.56. The standard InChI is InChI=1S/C16H22FN3O3/c1-11-4-5-13(9-14(11)17)19-15(21)12-3-2-7-20(10-12)16(22)23-8-6-18/h4-5,9,12H,2-3,6-8,10,18H2,1H3,(H,19,21). The van der Waals surface area contributed by atoms with Gasteiger partial charge in [-0.15, -0.1) is 0 Å². The smallest absolute Gasteiger partial charge is 0.409 e. The van der Waals surface area contributed by atoms with E-state index in [9.17, 15) is 14.0 Å². The highest BCUT2D eigenvalue weighted by Crippen LogP contribution is 2.20. The van der Waals surface area contributed by atoms with E-state index in [1.54, 1.807) is 19.1 Å². The molecule has 1 atom stereocenters. The van der Waals surface area contributed by atoms with Crippen LogP contribution in [0.25, 0.3) is 0 Å². The fourth-order valence-electron chi connectivity index (χ4n) is 2.51. The molecule has 1 aromatic rings. The average molecular weight is 323 g/mol. The number of hydrogen-bond donors (Lipinski definition) is 2. The van der Waals surface area contributed by atoms with Gasteiger partial charge in [0.05, 0.1) is 5.92 Å². The van der Waals surface area contributed by atoms with Crippen molar-refractivity contribution in [2.75, 3.05) is 31.6 Å². The van der Waals surface area contributed by atoms with E-state index in [2.05, 4.69) is 5.32 Å². The highest BCUT2D eigenvalue weighted by Gasteiger charge is 2.29. The molecule has 0 aliphatic carbocycles. The van der Waals surface area contributed by atoms with Crippen LogP contribution in [0.2, 0.25) is 0 Å². The van der Waals surface area contributed by atoms with Gasteiger partial charge in [0.2, 0.25) is 5.91 Å². The maximum atomic E-state index is 13.5. The molecule has 0 saturated carbocycles. The molecule has 0 bridgehead atoms. The number of hydrogen-bond acceptors (Lipinski definition) is 4. The van der Waals surface area contributed by atoms with Crippen molar-refractivity contribution in [1.82, 2.24) is 4.90 Å². The first-order valence-electron chi connectivity index (χ1n) is 7.70. The summed E-state index contributed by atoms with van der Waals surface area (Å²) in [5.41, 5.74) is 6.24. The summed E-state index contributed by atoms with van der Waals surface area (Å²) in [6.07, 6.45) is 0.952. The second kappa shape index (κ2) is 7.92. The highest BCUT2D eigenvalue weighted by atomic mass is 19.1. The summed E-state index contributed by atoms with van der Waals surface area (Å²) in [6.45, 7) is 2.94. The summed E-state index contributed by atoms with van der Waals surface area (Å²) in [7, 11) is 0. The molecule has 1 aromatic carbocycles. The molecule has 6 nitrogen and oxygen atoms in total. The topological polar surface area (TPSA) is 84.7 Å². The third-order valence-electron chi connectivity index (χ3n) is 3.83. The van der Waals surface area contributed by atoms with E-state index in [0.29, 0.717) is 30.8 Å². The number of halogens is 1. The SMILES string of the molecule is Cc1ccc(NC(=O)C2CCCN(C(=O)OCCN)C2)cc1F. The number of piperidine rings is 1. The number of nitrogens with two attached hydrogens (primary N) is 1. The fraction of sp³-hybridized carbons (Fsp3) is 0.500. The fourth-order valence-corrected chi connectivity index (χ4v) is 2.51. The number of amides is 2. The van der Waals surface area contributed by atoms with Gasteiger partial charge in [-0.25, -0.2) is 9.18 Å². The van der Waals surface area contributed by atoms with Crippen LogP contribution in [0.3, 0.4) is 0 Å². The molecule has 1 aliphatic heterocycles. The second-order valence-electron chi connectivity index (χ2n) is 5.64. The Balaban J connectivity index is 1.93.